The van der Waals surface area contributed by atoms with Gasteiger partial charge in [-0.1, -0.05) is 11.3 Å². The van der Waals surface area contributed by atoms with E-state index < -0.39 is 0 Å². The number of fused-ring (bicyclic) bond motifs is 1. The van der Waals surface area contributed by atoms with Crippen LogP contribution >= 0.6 is 11.3 Å². The summed E-state index contributed by atoms with van der Waals surface area (Å²) in [6, 6.07) is 5.92. The number of rotatable bonds is 3. The van der Waals surface area contributed by atoms with Crippen LogP contribution in [0.5, 0.6) is 0 Å². The normalized spacial score (nSPS) is 11.4. The van der Waals surface area contributed by atoms with Crippen LogP contribution in [-0.2, 0) is 6.54 Å². The van der Waals surface area contributed by atoms with Crippen LogP contribution in [0.1, 0.15) is 17.2 Å². The van der Waals surface area contributed by atoms with Gasteiger partial charge in [-0.2, -0.15) is 14.7 Å². The van der Waals surface area contributed by atoms with E-state index in [1.54, 1.807) is 16.9 Å². The molecule has 0 aliphatic carbocycles. The number of hydrogen-bond acceptors (Lipinski definition) is 6. The number of hydrogen-bond donors (Lipinski definition) is 0. The highest BCUT2D eigenvalue weighted by Gasteiger charge is 2.14. The Hall–Kier alpha value is -2.61. The largest absolute Gasteiger partial charge is 0.265 e. The van der Waals surface area contributed by atoms with E-state index in [-0.39, 0.29) is 0 Å². The maximum atomic E-state index is 4.62. The van der Waals surface area contributed by atoms with Crippen molar-refractivity contribution in [1.82, 2.24) is 34.6 Å². The maximum absolute atomic E-state index is 4.62. The molecule has 7 nitrogen and oxygen atoms in total. The summed E-state index contributed by atoms with van der Waals surface area (Å²) in [5.41, 5.74) is 3.12. The van der Waals surface area contributed by atoms with Gasteiger partial charge in [0.05, 0.1) is 5.69 Å². The van der Waals surface area contributed by atoms with Crippen LogP contribution in [0, 0.1) is 13.8 Å². The van der Waals surface area contributed by atoms with Gasteiger partial charge in [-0.3, -0.25) is 9.67 Å². The molecule has 0 aliphatic rings. The van der Waals surface area contributed by atoms with Crippen LogP contribution < -0.4 is 0 Å². The topological polar surface area (TPSA) is 73.8 Å². The summed E-state index contributed by atoms with van der Waals surface area (Å²) in [6.07, 6.45) is 3.52. The molecule has 0 spiro atoms. The van der Waals surface area contributed by atoms with Crippen LogP contribution in [0.2, 0.25) is 0 Å². The van der Waals surface area contributed by atoms with Gasteiger partial charge in [-0.25, -0.2) is 0 Å². The Morgan fingerprint density at radius 1 is 1.09 bits per heavy atom. The lowest BCUT2D eigenvalue weighted by atomic mass is 10.3. The van der Waals surface area contributed by atoms with Crippen LogP contribution in [0.3, 0.4) is 0 Å². The van der Waals surface area contributed by atoms with Gasteiger partial charge in [0.15, 0.2) is 5.82 Å². The smallest absolute Gasteiger partial charge is 0.235 e. The van der Waals surface area contributed by atoms with Crippen molar-refractivity contribution >= 4 is 16.3 Å². The molecule has 0 atom stereocenters. The predicted molar refractivity (Wildman–Crippen MR) is 82.7 cm³/mol. The summed E-state index contributed by atoms with van der Waals surface area (Å²) < 4.78 is 3.70. The minimum absolute atomic E-state index is 0.556. The molecule has 110 valence electrons. The number of aryl methyl sites for hydroxylation is 2. The molecule has 4 heterocycles. The van der Waals surface area contributed by atoms with E-state index >= 15 is 0 Å². The highest BCUT2D eigenvalue weighted by molar-refractivity contribution is 7.19. The van der Waals surface area contributed by atoms with Crippen molar-refractivity contribution in [2.24, 2.45) is 0 Å². The van der Waals surface area contributed by atoms with E-state index in [1.165, 1.54) is 11.3 Å². The molecule has 4 rings (SSSR count). The predicted octanol–water partition coefficient (Wildman–Crippen LogP) is 2.11. The van der Waals surface area contributed by atoms with Crippen molar-refractivity contribution in [1.29, 1.82) is 0 Å². The Balaban J connectivity index is 1.73. The average molecular weight is 311 g/mol. The van der Waals surface area contributed by atoms with Gasteiger partial charge in [0.25, 0.3) is 0 Å². The van der Waals surface area contributed by atoms with E-state index in [0.29, 0.717) is 6.54 Å². The lowest BCUT2D eigenvalue weighted by Crippen LogP contribution is -2.08. The Morgan fingerprint density at radius 2 is 1.91 bits per heavy atom. The first kappa shape index (κ1) is 13.1. The van der Waals surface area contributed by atoms with Gasteiger partial charge in [0.2, 0.25) is 4.96 Å². The summed E-state index contributed by atoms with van der Waals surface area (Å²) in [7, 11) is 0. The summed E-state index contributed by atoms with van der Waals surface area (Å²) >= 11 is 1.51. The third kappa shape index (κ3) is 2.17. The third-order valence-electron chi connectivity index (χ3n) is 3.38. The fourth-order valence-corrected chi connectivity index (χ4v) is 3.20. The average Bonchev–Trinajstić information content (AvgIpc) is 3.17. The van der Waals surface area contributed by atoms with E-state index in [1.807, 2.05) is 36.7 Å². The number of pyridine rings is 1. The quantitative estimate of drug-likeness (QED) is 0.579. The zero-order chi connectivity index (χ0) is 15.1. The first-order chi connectivity index (χ1) is 10.7. The van der Waals surface area contributed by atoms with Crippen molar-refractivity contribution in [2.75, 3.05) is 0 Å². The Morgan fingerprint density at radius 3 is 2.64 bits per heavy atom. The van der Waals surface area contributed by atoms with Crippen molar-refractivity contribution in [3.63, 3.8) is 0 Å². The molecule has 22 heavy (non-hydrogen) atoms. The van der Waals surface area contributed by atoms with E-state index in [2.05, 4.69) is 25.4 Å². The van der Waals surface area contributed by atoms with Crippen molar-refractivity contribution in [3.05, 3.63) is 47.8 Å². The molecule has 8 heteroatoms. The van der Waals surface area contributed by atoms with Gasteiger partial charge in [0, 0.05) is 23.7 Å². The van der Waals surface area contributed by atoms with Crippen LogP contribution in [-0.4, -0.2) is 34.6 Å². The molecule has 4 aromatic heterocycles. The minimum Gasteiger partial charge on any atom is -0.265 e. The Kier molecular flexibility index (Phi) is 2.97. The molecular formula is C14H13N7S. The van der Waals surface area contributed by atoms with Gasteiger partial charge >= 0.3 is 0 Å². The molecule has 0 N–H and O–H groups in total. The molecule has 0 aliphatic heterocycles. The molecule has 0 fully saturated rings. The van der Waals surface area contributed by atoms with Crippen molar-refractivity contribution in [2.45, 2.75) is 20.4 Å². The third-order valence-corrected chi connectivity index (χ3v) is 4.33. The van der Waals surface area contributed by atoms with E-state index in [0.717, 1.165) is 32.7 Å². The number of nitrogens with zero attached hydrogens (tertiary/aromatic N) is 7. The van der Waals surface area contributed by atoms with Gasteiger partial charge < -0.3 is 0 Å². The second kappa shape index (κ2) is 4.99. The lowest BCUT2D eigenvalue weighted by molar-refractivity contribution is 0.617. The molecule has 0 saturated heterocycles. The van der Waals surface area contributed by atoms with Crippen LogP contribution in [0.25, 0.3) is 15.5 Å². The zero-order valence-corrected chi connectivity index (χ0v) is 12.9. The van der Waals surface area contributed by atoms with Crippen LogP contribution in [0.4, 0.5) is 0 Å². The Bertz CT molecular complexity index is 935. The maximum Gasteiger partial charge on any atom is 0.235 e. The molecule has 0 amide bonds. The fourth-order valence-electron chi connectivity index (χ4n) is 2.34. The second-order valence-corrected chi connectivity index (χ2v) is 5.99. The summed E-state index contributed by atoms with van der Waals surface area (Å²) in [6.45, 7) is 4.56. The van der Waals surface area contributed by atoms with Crippen molar-refractivity contribution in [3.8, 4) is 10.6 Å². The summed E-state index contributed by atoms with van der Waals surface area (Å²) in [4.78, 5) is 4.81. The molecule has 0 unspecified atom stereocenters. The first-order valence-electron chi connectivity index (χ1n) is 6.83. The fraction of sp³-hybridized carbons (Fsp3) is 0.214. The van der Waals surface area contributed by atoms with E-state index in [9.17, 15) is 0 Å². The molecule has 0 bridgehead atoms. The molecule has 0 aromatic carbocycles. The SMILES string of the molecule is Cc1cc(C)n(Cc2nnc3sc(-c4ccncc4)nn23)n1. The first-order valence-corrected chi connectivity index (χ1v) is 7.65. The molecule has 4 aromatic rings. The van der Waals surface area contributed by atoms with Crippen molar-refractivity contribution < 1.29 is 0 Å². The van der Waals surface area contributed by atoms with Gasteiger partial charge in [0.1, 0.15) is 11.6 Å². The Labute approximate surface area is 130 Å². The number of aromatic nitrogens is 7. The highest BCUT2D eigenvalue weighted by Crippen LogP contribution is 2.24. The standard InChI is InChI=1S/C14H13N7S/c1-9-7-10(2)20(18-9)8-12-16-17-14-21(12)19-13(22-14)11-3-5-15-6-4-11/h3-7H,8H2,1-2H3. The highest BCUT2D eigenvalue weighted by atomic mass is 32.1. The molecular weight excluding hydrogens is 298 g/mol. The second-order valence-electron chi connectivity index (χ2n) is 5.04. The summed E-state index contributed by atoms with van der Waals surface area (Å²) in [5, 5.41) is 18.4. The van der Waals surface area contributed by atoms with E-state index in [4.69, 9.17) is 0 Å². The monoisotopic (exact) mass is 311 g/mol. The van der Waals surface area contributed by atoms with Gasteiger partial charge in [-0.15, -0.1) is 10.2 Å². The lowest BCUT2D eigenvalue weighted by Gasteiger charge is -2.01. The van der Waals surface area contributed by atoms with Gasteiger partial charge in [-0.05, 0) is 32.0 Å². The molecule has 0 radical (unpaired) electrons. The van der Waals surface area contributed by atoms with Crippen LogP contribution in [0.15, 0.2) is 30.6 Å². The minimum atomic E-state index is 0.556. The molecule has 0 saturated carbocycles. The summed E-state index contributed by atoms with van der Waals surface area (Å²) in [5.74, 6) is 0.776. The zero-order valence-electron chi connectivity index (χ0n) is 12.1.